The Morgan fingerprint density at radius 3 is 2.04 bits per heavy atom. The standard InChI is InChI=1S/C21H17NO.CH2O2/c1-2-16-14-9-15-19(17-10-5-3-6-11-17)20(16)22-21(23)18-12-7-4-8-13-18;2-1-3/h2-15H,1H2,(H,22,23);1H,(H,2,3). The summed E-state index contributed by atoms with van der Waals surface area (Å²) in [6.07, 6.45) is 1.76. The number of hydrogen-bond donors (Lipinski definition) is 2. The van der Waals surface area contributed by atoms with Crippen LogP contribution in [0.25, 0.3) is 17.2 Å². The van der Waals surface area contributed by atoms with Gasteiger partial charge in [0.25, 0.3) is 12.4 Å². The SMILES string of the molecule is C=Cc1cccc(-c2ccccc2)c1NC(=O)c1ccccc1.O=CO. The van der Waals surface area contributed by atoms with Crippen LogP contribution in [0.5, 0.6) is 0 Å². The van der Waals surface area contributed by atoms with Crippen molar-refractivity contribution >= 4 is 24.1 Å². The first kappa shape index (κ1) is 18.7. The lowest BCUT2D eigenvalue weighted by atomic mass is 9.99. The summed E-state index contributed by atoms with van der Waals surface area (Å²) in [5, 5.41) is 9.92. The number of amides is 1. The third-order valence-electron chi connectivity index (χ3n) is 3.68. The van der Waals surface area contributed by atoms with Gasteiger partial charge in [-0.05, 0) is 23.3 Å². The molecule has 26 heavy (non-hydrogen) atoms. The number of nitrogens with one attached hydrogen (secondary N) is 1. The third-order valence-corrected chi connectivity index (χ3v) is 3.68. The molecule has 0 aliphatic carbocycles. The second-order valence-corrected chi connectivity index (χ2v) is 5.27. The molecular weight excluding hydrogens is 326 g/mol. The minimum absolute atomic E-state index is 0.128. The summed E-state index contributed by atoms with van der Waals surface area (Å²) in [6, 6.07) is 25.1. The first-order chi connectivity index (χ1) is 12.7. The van der Waals surface area contributed by atoms with Crippen molar-refractivity contribution in [2.45, 2.75) is 0 Å². The van der Waals surface area contributed by atoms with E-state index in [0.717, 1.165) is 22.4 Å². The van der Waals surface area contributed by atoms with Gasteiger partial charge in [0.2, 0.25) is 0 Å². The Labute approximate surface area is 152 Å². The van der Waals surface area contributed by atoms with Gasteiger partial charge in [-0.3, -0.25) is 9.59 Å². The molecular formula is C22H19NO3. The van der Waals surface area contributed by atoms with E-state index in [1.165, 1.54) is 0 Å². The maximum Gasteiger partial charge on any atom is 0.290 e. The molecule has 0 saturated heterocycles. The van der Waals surface area contributed by atoms with Gasteiger partial charge in [-0.1, -0.05) is 79.4 Å². The number of carbonyl (C=O) groups excluding carboxylic acids is 1. The molecule has 1 amide bonds. The molecule has 4 nitrogen and oxygen atoms in total. The predicted octanol–water partition coefficient (Wildman–Crippen LogP) is 4.95. The highest BCUT2D eigenvalue weighted by Crippen LogP contribution is 2.32. The number of benzene rings is 3. The Balaban J connectivity index is 0.000000758. The maximum atomic E-state index is 12.5. The quantitative estimate of drug-likeness (QED) is 0.658. The molecule has 0 aromatic heterocycles. The summed E-state index contributed by atoms with van der Waals surface area (Å²) >= 11 is 0. The van der Waals surface area contributed by atoms with Crippen molar-refractivity contribution < 1.29 is 14.7 Å². The minimum Gasteiger partial charge on any atom is -0.483 e. The van der Waals surface area contributed by atoms with Crippen molar-refractivity contribution in [1.82, 2.24) is 0 Å². The molecule has 0 atom stereocenters. The van der Waals surface area contributed by atoms with Crippen molar-refractivity contribution in [3.63, 3.8) is 0 Å². The molecule has 0 spiro atoms. The summed E-state index contributed by atoms with van der Waals surface area (Å²) < 4.78 is 0. The monoisotopic (exact) mass is 345 g/mol. The van der Waals surface area contributed by atoms with Crippen molar-refractivity contribution in [2.75, 3.05) is 5.32 Å². The van der Waals surface area contributed by atoms with Gasteiger partial charge in [0, 0.05) is 11.1 Å². The lowest BCUT2D eigenvalue weighted by molar-refractivity contribution is -0.122. The van der Waals surface area contributed by atoms with Crippen LogP contribution in [0.3, 0.4) is 0 Å². The van der Waals surface area contributed by atoms with E-state index in [0.29, 0.717) is 5.56 Å². The number of rotatable bonds is 4. The Morgan fingerprint density at radius 1 is 0.885 bits per heavy atom. The van der Waals surface area contributed by atoms with Crippen LogP contribution in [-0.4, -0.2) is 17.5 Å². The Morgan fingerprint density at radius 2 is 1.46 bits per heavy atom. The van der Waals surface area contributed by atoms with Gasteiger partial charge >= 0.3 is 0 Å². The number of carbonyl (C=O) groups is 2. The van der Waals surface area contributed by atoms with Crippen molar-refractivity contribution in [2.24, 2.45) is 0 Å². The topological polar surface area (TPSA) is 66.4 Å². The molecule has 0 bridgehead atoms. The van der Waals surface area contributed by atoms with Crippen LogP contribution in [-0.2, 0) is 4.79 Å². The summed E-state index contributed by atoms with van der Waals surface area (Å²) in [5.41, 5.74) is 4.34. The van der Waals surface area contributed by atoms with E-state index in [2.05, 4.69) is 11.9 Å². The Kier molecular flexibility index (Phi) is 6.89. The molecule has 130 valence electrons. The molecule has 0 heterocycles. The zero-order chi connectivity index (χ0) is 18.8. The van der Waals surface area contributed by atoms with Crippen LogP contribution in [0, 0.1) is 0 Å². The van der Waals surface area contributed by atoms with Crippen LogP contribution < -0.4 is 5.32 Å². The lowest BCUT2D eigenvalue weighted by Gasteiger charge is -2.14. The van der Waals surface area contributed by atoms with E-state index in [1.807, 2.05) is 66.7 Å². The smallest absolute Gasteiger partial charge is 0.290 e. The minimum atomic E-state index is -0.250. The summed E-state index contributed by atoms with van der Waals surface area (Å²) in [7, 11) is 0. The first-order valence-corrected chi connectivity index (χ1v) is 7.96. The molecule has 3 aromatic rings. The zero-order valence-electron chi connectivity index (χ0n) is 14.1. The van der Waals surface area contributed by atoms with Gasteiger partial charge in [-0.2, -0.15) is 0 Å². The van der Waals surface area contributed by atoms with Crippen LogP contribution in [0.2, 0.25) is 0 Å². The van der Waals surface area contributed by atoms with E-state index < -0.39 is 0 Å². The molecule has 0 aliphatic rings. The number of hydrogen-bond acceptors (Lipinski definition) is 2. The van der Waals surface area contributed by atoms with Gasteiger partial charge < -0.3 is 10.4 Å². The van der Waals surface area contributed by atoms with E-state index >= 15 is 0 Å². The number of para-hydroxylation sites is 1. The lowest BCUT2D eigenvalue weighted by Crippen LogP contribution is -2.13. The predicted molar refractivity (Wildman–Crippen MR) is 105 cm³/mol. The van der Waals surface area contributed by atoms with Crippen LogP contribution in [0.15, 0.2) is 85.4 Å². The molecule has 3 rings (SSSR count). The molecule has 2 N–H and O–H groups in total. The third kappa shape index (κ3) is 4.68. The molecule has 0 saturated carbocycles. The average Bonchev–Trinajstić information content (AvgIpc) is 2.70. The highest BCUT2D eigenvalue weighted by atomic mass is 16.3. The van der Waals surface area contributed by atoms with E-state index in [1.54, 1.807) is 18.2 Å². The van der Waals surface area contributed by atoms with Gasteiger partial charge in [0.05, 0.1) is 5.69 Å². The maximum absolute atomic E-state index is 12.5. The van der Waals surface area contributed by atoms with Gasteiger partial charge in [0.1, 0.15) is 0 Å². The number of carboxylic acid groups (broad SMARTS) is 1. The zero-order valence-corrected chi connectivity index (χ0v) is 14.1. The van der Waals surface area contributed by atoms with Crippen molar-refractivity contribution in [1.29, 1.82) is 0 Å². The molecule has 4 heteroatoms. The van der Waals surface area contributed by atoms with Crippen LogP contribution in [0.1, 0.15) is 15.9 Å². The van der Waals surface area contributed by atoms with Crippen molar-refractivity contribution in [3.05, 3.63) is 96.6 Å². The van der Waals surface area contributed by atoms with E-state index in [4.69, 9.17) is 9.90 Å². The summed E-state index contributed by atoms with van der Waals surface area (Å²) in [5.74, 6) is -0.128. The second kappa shape index (κ2) is 9.59. The van der Waals surface area contributed by atoms with E-state index in [9.17, 15) is 4.79 Å². The summed E-state index contributed by atoms with van der Waals surface area (Å²) in [4.78, 5) is 20.9. The first-order valence-electron chi connectivity index (χ1n) is 7.96. The molecule has 3 aromatic carbocycles. The second-order valence-electron chi connectivity index (χ2n) is 5.27. The van der Waals surface area contributed by atoms with Gasteiger partial charge in [0.15, 0.2) is 0 Å². The van der Waals surface area contributed by atoms with Gasteiger partial charge in [-0.25, -0.2) is 0 Å². The normalized spacial score (nSPS) is 9.38. The highest BCUT2D eigenvalue weighted by Gasteiger charge is 2.12. The summed E-state index contributed by atoms with van der Waals surface area (Å²) in [6.45, 7) is 3.61. The largest absolute Gasteiger partial charge is 0.483 e. The fourth-order valence-electron chi connectivity index (χ4n) is 2.51. The Hall–Kier alpha value is -3.66. The van der Waals surface area contributed by atoms with Crippen LogP contribution in [0.4, 0.5) is 5.69 Å². The van der Waals surface area contributed by atoms with Crippen molar-refractivity contribution in [3.8, 4) is 11.1 Å². The molecule has 0 radical (unpaired) electrons. The fourth-order valence-corrected chi connectivity index (χ4v) is 2.51. The highest BCUT2D eigenvalue weighted by molar-refractivity contribution is 6.07. The van der Waals surface area contributed by atoms with E-state index in [-0.39, 0.29) is 12.4 Å². The number of anilines is 1. The van der Waals surface area contributed by atoms with Gasteiger partial charge in [-0.15, -0.1) is 0 Å². The average molecular weight is 345 g/mol. The molecule has 0 aliphatic heterocycles. The molecule has 0 unspecified atom stereocenters. The Bertz CT molecular complexity index is 874. The fraction of sp³-hybridized carbons (Fsp3) is 0. The molecule has 0 fully saturated rings. The van der Waals surface area contributed by atoms with Crippen LogP contribution >= 0.6 is 0 Å².